The number of hydrogen-bond acceptors (Lipinski definition) is 7. The summed E-state index contributed by atoms with van der Waals surface area (Å²) in [4.78, 5) is 42.7. The predicted octanol–water partition coefficient (Wildman–Crippen LogP) is 6.88. The molecule has 0 radical (unpaired) electrons. The monoisotopic (exact) mass is 793 g/mol. The molecule has 16 heteroatoms. The number of aromatic hydroxyl groups is 1. The summed E-state index contributed by atoms with van der Waals surface area (Å²) < 4.78 is 94.0. The Morgan fingerprint density at radius 3 is 2.36 bits per heavy atom. The van der Waals surface area contributed by atoms with E-state index in [9.17, 15) is 42.2 Å². The van der Waals surface area contributed by atoms with Crippen LogP contribution in [0.3, 0.4) is 0 Å². The number of alkyl halides is 4. The van der Waals surface area contributed by atoms with Crippen molar-refractivity contribution in [1.29, 1.82) is 0 Å². The van der Waals surface area contributed by atoms with Crippen LogP contribution < -0.4 is 10.9 Å². The van der Waals surface area contributed by atoms with E-state index in [2.05, 4.69) is 5.32 Å². The van der Waals surface area contributed by atoms with Gasteiger partial charge in [-0.3, -0.25) is 23.9 Å². The number of halogens is 7. The summed E-state index contributed by atoms with van der Waals surface area (Å²) in [5.41, 5.74) is -2.78. The van der Waals surface area contributed by atoms with E-state index in [1.165, 1.54) is 32.0 Å². The highest BCUT2D eigenvalue weighted by atomic mass is 35.5. The van der Waals surface area contributed by atoms with Gasteiger partial charge in [0.1, 0.15) is 29.6 Å². The molecule has 1 aliphatic heterocycles. The highest BCUT2D eigenvalue weighted by Crippen LogP contribution is 2.38. The summed E-state index contributed by atoms with van der Waals surface area (Å²) in [5.74, 6) is -4.41. The minimum Gasteiger partial charge on any atom is -0.507 e. The number of esters is 1. The van der Waals surface area contributed by atoms with Gasteiger partial charge in [0.05, 0.1) is 36.3 Å². The van der Waals surface area contributed by atoms with Gasteiger partial charge >= 0.3 is 12.1 Å². The maximum Gasteiger partial charge on any atom is 0.416 e. The second kappa shape index (κ2) is 16.9. The standard InChI is InChI=1S/C39H38ClF6N3O6/c1-4-55-33(53)15-30(26-13-24(10-21(3)35(26)42)34-20(2)6-5-7-31(34)51)47-38(54)37(27-11-22(19-50)12-29(40)36(27)43)49-16-23(8-9-48-17-25(41)18-48)28(14-32(49)52)39(44,45)46/h5-7,10-14,16,25,30,37,50-51H,4,8-9,15,17-19H2,1-3H3,(H,47,54)/t30-,37?/m0/s1. The van der Waals surface area contributed by atoms with Gasteiger partial charge in [-0.1, -0.05) is 23.7 Å². The number of aliphatic hydroxyl groups excluding tert-OH is 1. The van der Waals surface area contributed by atoms with Crippen molar-refractivity contribution >= 4 is 23.5 Å². The Kier molecular flexibility index (Phi) is 12.7. The van der Waals surface area contributed by atoms with Gasteiger partial charge in [0.25, 0.3) is 5.56 Å². The van der Waals surface area contributed by atoms with E-state index in [4.69, 9.17) is 16.3 Å². The van der Waals surface area contributed by atoms with Gasteiger partial charge in [-0.2, -0.15) is 13.2 Å². The van der Waals surface area contributed by atoms with E-state index in [1.807, 2.05) is 0 Å². The first-order valence-electron chi connectivity index (χ1n) is 17.3. The number of ether oxygens (including phenoxy) is 1. The number of pyridine rings is 1. The largest absolute Gasteiger partial charge is 0.507 e. The number of amides is 1. The lowest BCUT2D eigenvalue weighted by Gasteiger charge is -2.34. The van der Waals surface area contributed by atoms with Crippen LogP contribution in [0.5, 0.6) is 5.75 Å². The molecule has 2 atom stereocenters. The fourth-order valence-corrected chi connectivity index (χ4v) is 6.95. The zero-order chi connectivity index (χ0) is 40.4. The van der Waals surface area contributed by atoms with E-state index in [0.717, 1.165) is 18.3 Å². The van der Waals surface area contributed by atoms with E-state index in [-0.39, 0.29) is 61.2 Å². The molecule has 55 heavy (non-hydrogen) atoms. The third-order valence-corrected chi connectivity index (χ3v) is 9.66. The van der Waals surface area contributed by atoms with Crippen molar-refractivity contribution < 1.29 is 50.9 Å². The Labute approximate surface area is 317 Å². The maximum absolute atomic E-state index is 16.1. The number of carbonyl (C=O) groups is 2. The first-order valence-corrected chi connectivity index (χ1v) is 17.6. The minimum absolute atomic E-state index is 0.00771. The Bertz CT molecular complexity index is 2130. The number of phenolic OH excluding ortho intramolecular Hbond substituents is 1. The molecule has 4 aromatic rings. The number of aromatic nitrogens is 1. The van der Waals surface area contributed by atoms with E-state index in [0.29, 0.717) is 21.3 Å². The van der Waals surface area contributed by atoms with Crippen molar-refractivity contribution in [1.82, 2.24) is 14.8 Å². The maximum atomic E-state index is 16.1. The number of phenols is 1. The number of rotatable bonds is 13. The number of nitrogens with zero attached hydrogens (tertiary/aromatic N) is 2. The summed E-state index contributed by atoms with van der Waals surface area (Å²) in [6.07, 6.45) is -6.44. The molecule has 5 rings (SSSR count). The normalized spacial score (nSPS) is 14.7. The average molecular weight is 794 g/mol. The van der Waals surface area contributed by atoms with Gasteiger partial charge < -0.3 is 20.3 Å². The van der Waals surface area contributed by atoms with Crippen molar-refractivity contribution in [2.24, 2.45) is 0 Å². The molecule has 0 saturated carbocycles. The molecule has 1 saturated heterocycles. The van der Waals surface area contributed by atoms with Crippen LogP contribution in [0.1, 0.15) is 64.4 Å². The average Bonchev–Trinajstić information content (AvgIpc) is 3.09. The van der Waals surface area contributed by atoms with Crippen molar-refractivity contribution in [3.05, 3.63) is 121 Å². The molecule has 1 aromatic heterocycles. The molecule has 3 N–H and O–H groups in total. The molecule has 0 bridgehead atoms. The van der Waals surface area contributed by atoms with Crippen molar-refractivity contribution in [2.45, 2.75) is 64.7 Å². The molecule has 1 unspecified atom stereocenters. The lowest BCUT2D eigenvalue weighted by molar-refractivity contribution is -0.144. The number of hydrogen-bond donors (Lipinski definition) is 3. The van der Waals surface area contributed by atoms with Crippen LogP contribution in [0.2, 0.25) is 5.02 Å². The summed E-state index contributed by atoms with van der Waals surface area (Å²) in [6.45, 7) is 3.78. The molecule has 9 nitrogen and oxygen atoms in total. The van der Waals surface area contributed by atoms with Crippen LogP contribution in [-0.2, 0) is 33.5 Å². The third-order valence-electron chi connectivity index (χ3n) is 9.39. The van der Waals surface area contributed by atoms with Crippen LogP contribution in [0.25, 0.3) is 11.1 Å². The zero-order valence-corrected chi connectivity index (χ0v) is 30.7. The van der Waals surface area contributed by atoms with Crippen LogP contribution in [0, 0.1) is 25.5 Å². The van der Waals surface area contributed by atoms with E-state index < -0.39 is 88.2 Å². The lowest BCUT2D eigenvalue weighted by Crippen LogP contribution is -2.49. The highest BCUT2D eigenvalue weighted by molar-refractivity contribution is 6.30. The van der Waals surface area contributed by atoms with Crippen LogP contribution in [0.4, 0.5) is 26.3 Å². The summed E-state index contributed by atoms with van der Waals surface area (Å²) in [5, 5.41) is 22.5. The van der Waals surface area contributed by atoms with Gasteiger partial charge in [-0.05, 0) is 85.3 Å². The highest BCUT2D eigenvalue weighted by Gasteiger charge is 2.38. The fraction of sp³-hybridized carbons (Fsp3) is 0.359. The van der Waals surface area contributed by atoms with Crippen LogP contribution >= 0.6 is 11.6 Å². The van der Waals surface area contributed by atoms with Crippen molar-refractivity contribution in [3.8, 4) is 16.9 Å². The topological polar surface area (TPSA) is 121 Å². The fourth-order valence-electron chi connectivity index (χ4n) is 6.70. The third kappa shape index (κ3) is 9.17. The molecule has 1 aliphatic rings. The SMILES string of the molecule is CCOC(=O)C[C@H](NC(=O)C(c1cc(CO)cc(Cl)c1F)n1cc(CCN2CC(F)C2)c(C(F)(F)F)cc1=O)c1cc(-c2c(C)cccc2O)cc(C)c1F. The Balaban J connectivity index is 1.69. The van der Waals surface area contributed by atoms with Crippen LogP contribution in [0.15, 0.2) is 59.5 Å². The number of aryl methyl sites for hydroxylation is 2. The minimum atomic E-state index is -5.02. The number of carbonyl (C=O) groups excluding carboxylic acids is 2. The number of benzene rings is 3. The number of nitrogens with one attached hydrogen (secondary N) is 1. The molecule has 1 amide bonds. The van der Waals surface area contributed by atoms with Gasteiger partial charge in [0.15, 0.2) is 0 Å². The molecule has 3 aromatic carbocycles. The second-order valence-corrected chi connectivity index (χ2v) is 13.7. The molecular weight excluding hydrogens is 756 g/mol. The van der Waals surface area contributed by atoms with Gasteiger partial charge in [-0.25, -0.2) is 13.2 Å². The predicted molar refractivity (Wildman–Crippen MR) is 191 cm³/mol. The second-order valence-electron chi connectivity index (χ2n) is 13.3. The molecule has 294 valence electrons. The van der Waals surface area contributed by atoms with Gasteiger partial charge in [-0.15, -0.1) is 0 Å². The number of aliphatic hydroxyl groups is 1. The van der Waals surface area contributed by atoms with Crippen molar-refractivity contribution in [2.75, 3.05) is 26.2 Å². The molecule has 2 heterocycles. The quantitative estimate of drug-likeness (QED) is 0.0998. The van der Waals surface area contributed by atoms with Crippen molar-refractivity contribution in [3.63, 3.8) is 0 Å². The molecule has 1 fully saturated rings. The molecule has 0 aliphatic carbocycles. The first-order chi connectivity index (χ1) is 25.9. The van der Waals surface area contributed by atoms with E-state index in [1.54, 1.807) is 24.0 Å². The molecule has 0 spiro atoms. The van der Waals surface area contributed by atoms with Gasteiger partial charge in [0, 0.05) is 48.6 Å². The first kappa shape index (κ1) is 41.3. The Hall–Kier alpha value is -4.86. The van der Waals surface area contributed by atoms with Gasteiger partial charge in [0.2, 0.25) is 5.91 Å². The Morgan fingerprint density at radius 2 is 1.75 bits per heavy atom. The Morgan fingerprint density at radius 1 is 1.04 bits per heavy atom. The lowest BCUT2D eigenvalue weighted by atomic mass is 9.92. The molecular formula is C39H38ClF6N3O6. The smallest absolute Gasteiger partial charge is 0.416 e. The van der Waals surface area contributed by atoms with E-state index >= 15 is 8.78 Å². The van der Waals surface area contributed by atoms with Crippen LogP contribution in [-0.4, -0.2) is 64.0 Å². The number of likely N-dealkylation sites (tertiary alicyclic amines) is 1. The summed E-state index contributed by atoms with van der Waals surface area (Å²) >= 11 is 6.13. The zero-order valence-electron chi connectivity index (χ0n) is 29.9. The summed E-state index contributed by atoms with van der Waals surface area (Å²) in [7, 11) is 0. The summed E-state index contributed by atoms with van der Waals surface area (Å²) in [6, 6.07) is 6.07.